The third kappa shape index (κ3) is 3.60. The molecule has 0 aliphatic rings. The number of H-pyrrole nitrogens is 1. The molecule has 0 bridgehead atoms. The highest BCUT2D eigenvalue weighted by atomic mass is 32.2. The minimum atomic E-state index is -5.98. The minimum Gasteiger partial charge on any atom is -0.495 e. The number of alkyl halides is 3. The van der Waals surface area contributed by atoms with E-state index in [-0.39, 0.29) is 22.3 Å². The molecule has 0 radical (unpaired) electrons. The van der Waals surface area contributed by atoms with Gasteiger partial charge in [-0.15, -0.1) is 0 Å². The Morgan fingerprint density at radius 2 is 1.93 bits per heavy atom. The topological polar surface area (TPSA) is 101 Å². The van der Waals surface area contributed by atoms with Crippen LogP contribution in [0.4, 0.5) is 27.6 Å². The van der Waals surface area contributed by atoms with Gasteiger partial charge in [-0.1, -0.05) is 0 Å². The molecule has 0 fully saturated rings. The Morgan fingerprint density at radius 1 is 1.24 bits per heavy atom. The second kappa shape index (κ2) is 6.99. The van der Waals surface area contributed by atoms with Crippen LogP contribution < -0.4 is 9.46 Å². The summed E-state index contributed by atoms with van der Waals surface area (Å²) >= 11 is 0. The van der Waals surface area contributed by atoms with Gasteiger partial charge in [-0.3, -0.25) is 9.52 Å². The zero-order chi connectivity index (χ0) is 21.6. The third-order valence-corrected chi connectivity index (χ3v) is 4.95. The van der Waals surface area contributed by atoms with E-state index in [2.05, 4.69) is 9.97 Å². The summed E-state index contributed by atoms with van der Waals surface area (Å²) in [5.74, 6) is -4.20. The van der Waals surface area contributed by atoms with E-state index in [1.54, 1.807) is 0 Å². The molecule has 13 heteroatoms. The van der Waals surface area contributed by atoms with Gasteiger partial charge in [0.25, 0.3) is 0 Å². The number of anilines is 1. The zero-order valence-electron chi connectivity index (χ0n) is 14.3. The van der Waals surface area contributed by atoms with E-state index in [4.69, 9.17) is 4.74 Å². The van der Waals surface area contributed by atoms with Gasteiger partial charge in [0.15, 0.2) is 5.82 Å². The van der Waals surface area contributed by atoms with Crippen molar-refractivity contribution >= 4 is 32.5 Å². The summed E-state index contributed by atoms with van der Waals surface area (Å²) in [7, 11) is -4.66. The normalized spacial score (nSPS) is 12.2. The van der Waals surface area contributed by atoms with E-state index in [1.807, 2.05) is 0 Å². The van der Waals surface area contributed by atoms with Gasteiger partial charge in [-0.25, -0.2) is 13.8 Å². The Labute approximate surface area is 159 Å². The van der Waals surface area contributed by atoms with Crippen molar-refractivity contribution in [3.8, 4) is 5.75 Å². The lowest BCUT2D eigenvalue weighted by Crippen LogP contribution is -2.30. The fourth-order valence-electron chi connectivity index (χ4n) is 2.46. The Bertz CT molecular complexity index is 1220. The van der Waals surface area contributed by atoms with E-state index in [9.17, 15) is 35.2 Å². The van der Waals surface area contributed by atoms with Crippen molar-refractivity contribution in [1.29, 1.82) is 0 Å². The summed E-state index contributed by atoms with van der Waals surface area (Å²) in [6, 6.07) is 2.26. The molecule has 0 saturated heterocycles. The van der Waals surface area contributed by atoms with Gasteiger partial charge in [0.1, 0.15) is 17.2 Å². The fourth-order valence-corrected chi connectivity index (χ4v) is 3.02. The number of carbonyl (C=O) groups excluding carboxylic acids is 1. The second-order valence-electron chi connectivity index (χ2n) is 5.64. The van der Waals surface area contributed by atoms with Gasteiger partial charge in [-0.05, 0) is 18.2 Å². The number of hydrogen-bond donors (Lipinski definition) is 2. The van der Waals surface area contributed by atoms with E-state index >= 15 is 0 Å². The number of carbonyl (C=O) groups is 1. The van der Waals surface area contributed by atoms with Crippen LogP contribution in [0.25, 0.3) is 11.0 Å². The number of nitrogens with zero attached hydrogens (tertiary/aromatic N) is 1. The predicted molar refractivity (Wildman–Crippen MR) is 91.0 cm³/mol. The molecule has 2 N–H and O–H groups in total. The van der Waals surface area contributed by atoms with Crippen molar-refractivity contribution < 1.29 is 39.9 Å². The lowest BCUT2D eigenvalue weighted by atomic mass is 10.0. The first-order valence-electron chi connectivity index (χ1n) is 7.59. The lowest BCUT2D eigenvalue weighted by molar-refractivity contribution is -0.0429. The SMILES string of the molecule is COc1cnc2[nH]cc(C(=O)c3c(F)ccc(NS(=O)(=O)C(F)(F)F)c3F)c2c1. The van der Waals surface area contributed by atoms with Gasteiger partial charge < -0.3 is 9.72 Å². The molecule has 0 aliphatic heterocycles. The van der Waals surface area contributed by atoms with Crippen LogP contribution in [0.1, 0.15) is 15.9 Å². The molecule has 0 unspecified atom stereocenters. The number of ether oxygens (including phenoxy) is 1. The summed E-state index contributed by atoms with van der Waals surface area (Å²) in [4.78, 5) is 19.3. The fraction of sp³-hybridized carbons (Fsp3) is 0.125. The molecule has 154 valence electrons. The molecular formula is C16H10F5N3O4S. The van der Waals surface area contributed by atoms with E-state index < -0.39 is 44.2 Å². The average Bonchev–Trinajstić information content (AvgIpc) is 3.06. The predicted octanol–water partition coefficient (Wildman–Crippen LogP) is 3.34. The molecule has 2 heterocycles. The second-order valence-corrected chi connectivity index (χ2v) is 7.31. The summed E-state index contributed by atoms with van der Waals surface area (Å²) < 4.78 is 94.7. The number of halogens is 5. The number of pyridine rings is 1. The molecule has 3 aromatic rings. The standard InChI is InChI=1S/C16H10F5N3O4S/c1-28-7-4-8-9(6-23-15(8)22-5-7)14(25)12-10(17)2-3-11(13(12)18)24-29(26,27)16(19,20)21/h2-6,24H,1H3,(H,22,23). The highest BCUT2D eigenvalue weighted by Crippen LogP contribution is 2.31. The van der Waals surface area contributed by atoms with Crippen LogP contribution in [-0.2, 0) is 10.0 Å². The molecule has 0 amide bonds. The highest BCUT2D eigenvalue weighted by Gasteiger charge is 2.46. The first kappa shape index (κ1) is 20.5. The molecule has 7 nitrogen and oxygen atoms in total. The molecule has 0 spiro atoms. The highest BCUT2D eigenvalue weighted by molar-refractivity contribution is 7.93. The monoisotopic (exact) mass is 435 g/mol. The van der Waals surface area contributed by atoms with Gasteiger partial charge >= 0.3 is 15.5 Å². The number of ketones is 1. The van der Waals surface area contributed by atoms with Crippen molar-refractivity contribution in [3.63, 3.8) is 0 Å². The number of aromatic nitrogens is 2. The lowest BCUT2D eigenvalue weighted by Gasteiger charge is -2.13. The zero-order valence-corrected chi connectivity index (χ0v) is 15.1. The van der Waals surface area contributed by atoms with Gasteiger partial charge in [0.05, 0.1) is 24.6 Å². The van der Waals surface area contributed by atoms with Crippen molar-refractivity contribution in [2.45, 2.75) is 5.51 Å². The van der Waals surface area contributed by atoms with Gasteiger partial charge in [-0.2, -0.15) is 21.6 Å². The Kier molecular flexibility index (Phi) is 4.94. The van der Waals surface area contributed by atoms with Crippen LogP contribution in [-0.4, -0.2) is 36.8 Å². The molecule has 0 aliphatic carbocycles. The Balaban J connectivity index is 2.11. The summed E-state index contributed by atoms with van der Waals surface area (Å²) in [6.07, 6.45) is 2.42. The first-order valence-corrected chi connectivity index (χ1v) is 9.07. The third-order valence-electron chi connectivity index (χ3n) is 3.85. The van der Waals surface area contributed by atoms with E-state index in [1.165, 1.54) is 19.4 Å². The van der Waals surface area contributed by atoms with E-state index in [0.717, 1.165) is 10.9 Å². The molecule has 3 rings (SSSR count). The number of sulfonamides is 1. The smallest absolute Gasteiger partial charge is 0.495 e. The maximum absolute atomic E-state index is 14.6. The van der Waals surface area contributed by atoms with E-state index in [0.29, 0.717) is 12.1 Å². The van der Waals surface area contributed by atoms with Crippen LogP contribution in [0.3, 0.4) is 0 Å². The summed E-state index contributed by atoms with van der Waals surface area (Å²) in [5.41, 5.74) is -8.28. The maximum atomic E-state index is 14.6. The number of aromatic amines is 1. The molecule has 1 aromatic carbocycles. The van der Waals surface area contributed by atoms with Crippen LogP contribution in [0.2, 0.25) is 0 Å². The molecule has 0 atom stereocenters. The summed E-state index contributed by atoms with van der Waals surface area (Å²) in [6.45, 7) is 0. The van der Waals surface area contributed by atoms with Crippen molar-refractivity contribution in [3.05, 3.63) is 53.4 Å². The Hall–Kier alpha value is -3.22. The van der Waals surface area contributed by atoms with Crippen LogP contribution in [0.15, 0.2) is 30.6 Å². The average molecular weight is 435 g/mol. The van der Waals surface area contributed by atoms with Crippen molar-refractivity contribution in [2.24, 2.45) is 0 Å². The molecule has 2 aromatic heterocycles. The maximum Gasteiger partial charge on any atom is 0.516 e. The minimum absolute atomic E-state index is 0.134. The van der Waals surface area contributed by atoms with Crippen molar-refractivity contribution in [1.82, 2.24) is 9.97 Å². The molecular weight excluding hydrogens is 425 g/mol. The molecule has 29 heavy (non-hydrogen) atoms. The van der Waals surface area contributed by atoms with Gasteiger partial charge in [0, 0.05) is 17.1 Å². The number of methoxy groups -OCH3 is 1. The molecule has 0 saturated carbocycles. The quantitative estimate of drug-likeness (QED) is 0.473. The van der Waals surface area contributed by atoms with Crippen LogP contribution in [0.5, 0.6) is 5.75 Å². The number of hydrogen-bond acceptors (Lipinski definition) is 5. The number of rotatable bonds is 5. The summed E-state index contributed by atoms with van der Waals surface area (Å²) in [5, 5.41) is 0.134. The van der Waals surface area contributed by atoms with Crippen LogP contribution >= 0.6 is 0 Å². The van der Waals surface area contributed by atoms with Crippen molar-refractivity contribution in [2.75, 3.05) is 11.8 Å². The van der Waals surface area contributed by atoms with Crippen LogP contribution in [0, 0.1) is 11.6 Å². The number of benzene rings is 1. The first-order chi connectivity index (χ1) is 13.5. The number of nitrogens with one attached hydrogen (secondary N) is 2. The Morgan fingerprint density at radius 3 is 2.55 bits per heavy atom. The largest absolute Gasteiger partial charge is 0.516 e. The van der Waals surface area contributed by atoms with Gasteiger partial charge in [0.2, 0.25) is 5.78 Å². The number of fused-ring (bicyclic) bond motifs is 1.